The highest BCUT2D eigenvalue weighted by Crippen LogP contribution is 2.03. The van der Waals surface area contributed by atoms with Gasteiger partial charge in [0, 0.05) is 6.54 Å². The zero-order valence-electron chi connectivity index (χ0n) is 11.2. The first-order valence-electron chi connectivity index (χ1n) is 6.87. The van der Waals surface area contributed by atoms with Crippen LogP contribution in [0, 0.1) is 0 Å². The van der Waals surface area contributed by atoms with Crippen molar-refractivity contribution in [2.75, 3.05) is 26.3 Å². The lowest BCUT2D eigenvalue weighted by Crippen LogP contribution is -2.21. The minimum absolute atomic E-state index is 0.791. The fraction of sp³-hybridized carbons (Fsp3) is 0.500. The number of hydrogen-bond acceptors (Lipinski definition) is 2. The van der Waals surface area contributed by atoms with Crippen molar-refractivity contribution >= 4 is 0 Å². The van der Waals surface area contributed by atoms with Gasteiger partial charge in [0.15, 0.2) is 0 Å². The normalized spacial score (nSPS) is 10.4. The number of benzene rings is 1. The fourth-order valence-electron chi connectivity index (χ4n) is 1.76. The number of aryl methyl sites for hydroxylation is 1. The molecule has 1 rings (SSSR count). The van der Waals surface area contributed by atoms with Gasteiger partial charge in [0.25, 0.3) is 0 Å². The predicted molar refractivity (Wildman–Crippen MR) is 77.9 cm³/mol. The maximum atomic E-state index is 5.42. The molecule has 0 amide bonds. The van der Waals surface area contributed by atoms with Crippen LogP contribution in [-0.2, 0) is 11.2 Å². The monoisotopic (exact) mass is 247 g/mol. The Bertz CT molecular complexity index is 297. The lowest BCUT2D eigenvalue weighted by molar-refractivity contribution is 0.140. The van der Waals surface area contributed by atoms with E-state index in [-0.39, 0.29) is 0 Å². The largest absolute Gasteiger partial charge is 0.380 e. The Hall–Kier alpha value is -1.12. The van der Waals surface area contributed by atoms with Crippen LogP contribution in [-0.4, -0.2) is 26.3 Å². The van der Waals surface area contributed by atoms with E-state index in [4.69, 9.17) is 4.74 Å². The third-order valence-electron chi connectivity index (χ3n) is 2.80. The number of ether oxygens (including phenoxy) is 1. The summed E-state index contributed by atoms with van der Waals surface area (Å²) in [6.45, 7) is 7.27. The molecule has 2 nitrogen and oxygen atoms in total. The highest BCUT2D eigenvalue weighted by atomic mass is 16.5. The van der Waals surface area contributed by atoms with Crippen LogP contribution in [0.5, 0.6) is 0 Å². The molecule has 1 aromatic rings. The number of hydrogen-bond donors (Lipinski definition) is 1. The molecule has 0 radical (unpaired) electrons. The Kier molecular flexibility index (Phi) is 9.13. The van der Waals surface area contributed by atoms with E-state index in [1.807, 2.05) is 6.08 Å². The van der Waals surface area contributed by atoms with E-state index in [9.17, 15) is 0 Å². The molecular weight excluding hydrogens is 222 g/mol. The van der Waals surface area contributed by atoms with Crippen LogP contribution in [0.1, 0.15) is 24.8 Å². The number of rotatable bonds is 11. The van der Waals surface area contributed by atoms with Crippen LogP contribution in [0.15, 0.2) is 43.0 Å². The molecule has 0 heterocycles. The Morgan fingerprint density at radius 1 is 1.06 bits per heavy atom. The van der Waals surface area contributed by atoms with E-state index in [0.29, 0.717) is 0 Å². The second-order valence-corrected chi connectivity index (χ2v) is 4.38. The zero-order chi connectivity index (χ0) is 12.9. The Balaban J connectivity index is 1.83. The minimum Gasteiger partial charge on any atom is -0.380 e. The molecule has 0 fully saturated rings. The maximum absolute atomic E-state index is 5.42. The molecule has 0 atom stereocenters. The van der Waals surface area contributed by atoms with Gasteiger partial charge in [-0.2, -0.15) is 0 Å². The van der Waals surface area contributed by atoms with Crippen LogP contribution in [0.25, 0.3) is 0 Å². The molecule has 0 spiro atoms. The molecule has 0 aliphatic rings. The standard InChI is InChI=1S/C16H25NO/c1-2-3-14-18-15-13-17-12-8-7-11-16-9-5-4-6-10-16/h2,4-6,9-10,17H,1,3,7-8,11-15H2. The van der Waals surface area contributed by atoms with E-state index in [1.165, 1.54) is 24.8 Å². The molecule has 0 bridgehead atoms. The molecule has 0 aromatic heterocycles. The van der Waals surface area contributed by atoms with E-state index in [1.54, 1.807) is 0 Å². The quantitative estimate of drug-likeness (QED) is 0.479. The van der Waals surface area contributed by atoms with Gasteiger partial charge in [0.2, 0.25) is 0 Å². The van der Waals surface area contributed by atoms with Gasteiger partial charge in [-0.25, -0.2) is 0 Å². The summed E-state index contributed by atoms with van der Waals surface area (Å²) in [6, 6.07) is 10.7. The van der Waals surface area contributed by atoms with E-state index < -0.39 is 0 Å². The van der Waals surface area contributed by atoms with Gasteiger partial charge in [-0.1, -0.05) is 36.4 Å². The van der Waals surface area contributed by atoms with Crippen LogP contribution in [0.4, 0.5) is 0 Å². The van der Waals surface area contributed by atoms with Crippen molar-refractivity contribution in [1.29, 1.82) is 0 Å². The van der Waals surface area contributed by atoms with Crippen molar-refractivity contribution in [2.24, 2.45) is 0 Å². The molecule has 0 saturated heterocycles. The summed E-state index contributed by atoms with van der Waals surface area (Å²) >= 11 is 0. The lowest BCUT2D eigenvalue weighted by Gasteiger charge is -2.05. The van der Waals surface area contributed by atoms with E-state index >= 15 is 0 Å². The van der Waals surface area contributed by atoms with Crippen molar-refractivity contribution in [2.45, 2.75) is 25.7 Å². The first kappa shape index (κ1) is 14.9. The molecule has 0 aliphatic carbocycles. The SMILES string of the molecule is C=CCCOCCNCCCCc1ccccc1. The molecule has 2 heteroatoms. The van der Waals surface area contributed by atoms with Gasteiger partial charge in [-0.05, 0) is 37.8 Å². The van der Waals surface area contributed by atoms with Gasteiger partial charge >= 0.3 is 0 Å². The molecule has 100 valence electrons. The second-order valence-electron chi connectivity index (χ2n) is 4.38. The van der Waals surface area contributed by atoms with E-state index in [2.05, 4.69) is 42.2 Å². The average Bonchev–Trinajstić information content (AvgIpc) is 2.42. The molecule has 0 unspecified atom stereocenters. The summed E-state index contributed by atoms with van der Waals surface area (Å²) < 4.78 is 5.42. The molecule has 0 saturated carbocycles. The Labute approximate surface area is 111 Å². The van der Waals surface area contributed by atoms with Crippen LogP contribution in [0.2, 0.25) is 0 Å². The summed E-state index contributed by atoms with van der Waals surface area (Å²) in [7, 11) is 0. The molecule has 18 heavy (non-hydrogen) atoms. The topological polar surface area (TPSA) is 21.3 Å². The maximum Gasteiger partial charge on any atom is 0.0591 e. The first-order valence-corrected chi connectivity index (χ1v) is 6.87. The van der Waals surface area contributed by atoms with Crippen molar-refractivity contribution in [3.8, 4) is 0 Å². The summed E-state index contributed by atoms with van der Waals surface area (Å²) in [5.41, 5.74) is 1.44. The van der Waals surface area contributed by atoms with Gasteiger partial charge in [-0.15, -0.1) is 6.58 Å². The third kappa shape index (κ3) is 8.04. The summed E-state index contributed by atoms with van der Waals surface area (Å²) in [5, 5.41) is 3.40. The fourth-order valence-corrected chi connectivity index (χ4v) is 1.76. The summed E-state index contributed by atoms with van der Waals surface area (Å²) in [5.74, 6) is 0. The highest BCUT2D eigenvalue weighted by Gasteiger charge is 1.92. The lowest BCUT2D eigenvalue weighted by atomic mass is 10.1. The highest BCUT2D eigenvalue weighted by molar-refractivity contribution is 5.14. The smallest absolute Gasteiger partial charge is 0.0591 e. The summed E-state index contributed by atoms with van der Waals surface area (Å²) in [6.07, 6.45) is 6.47. The molecule has 1 N–H and O–H groups in total. The van der Waals surface area contributed by atoms with Gasteiger partial charge < -0.3 is 10.1 Å². The second kappa shape index (κ2) is 11.0. The molecule has 0 aliphatic heterocycles. The Morgan fingerprint density at radius 3 is 2.67 bits per heavy atom. The first-order chi connectivity index (χ1) is 8.93. The zero-order valence-corrected chi connectivity index (χ0v) is 11.2. The van der Waals surface area contributed by atoms with Crippen LogP contribution in [0.3, 0.4) is 0 Å². The molecule has 1 aromatic carbocycles. The van der Waals surface area contributed by atoms with Gasteiger partial charge in [0.05, 0.1) is 13.2 Å². The number of unbranched alkanes of at least 4 members (excludes halogenated alkanes) is 1. The van der Waals surface area contributed by atoms with Crippen molar-refractivity contribution in [3.05, 3.63) is 48.6 Å². The molecular formula is C16H25NO. The third-order valence-corrected chi connectivity index (χ3v) is 2.80. The summed E-state index contributed by atoms with van der Waals surface area (Å²) in [4.78, 5) is 0. The van der Waals surface area contributed by atoms with Crippen molar-refractivity contribution in [1.82, 2.24) is 5.32 Å². The van der Waals surface area contributed by atoms with Crippen molar-refractivity contribution in [3.63, 3.8) is 0 Å². The van der Waals surface area contributed by atoms with Crippen molar-refractivity contribution < 1.29 is 4.74 Å². The van der Waals surface area contributed by atoms with E-state index in [0.717, 1.165) is 32.7 Å². The number of nitrogens with one attached hydrogen (secondary N) is 1. The average molecular weight is 247 g/mol. The minimum atomic E-state index is 0.791. The van der Waals surface area contributed by atoms with Gasteiger partial charge in [-0.3, -0.25) is 0 Å². The van der Waals surface area contributed by atoms with Crippen LogP contribution >= 0.6 is 0 Å². The van der Waals surface area contributed by atoms with Gasteiger partial charge in [0.1, 0.15) is 0 Å². The van der Waals surface area contributed by atoms with Crippen LogP contribution < -0.4 is 5.32 Å². The predicted octanol–water partition coefficient (Wildman–Crippen LogP) is 3.19. The Morgan fingerprint density at radius 2 is 1.89 bits per heavy atom.